The molecule has 25 heavy (non-hydrogen) atoms. The molecule has 0 atom stereocenters. The highest BCUT2D eigenvalue weighted by Crippen LogP contribution is 2.23. The van der Waals surface area contributed by atoms with E-state index in [1.165, 1.54) is 24.3 Å². The zero-order valence-electron chi connectivity index (χ0n) is 12.9. The number of halogens is 3. The Labute approximate surface area is 154 Å². The Morgan fingerprint density at radius 2 is 1.88 bits per heavy atom. The summed E-state index contributed by atoms with van der Waals surface area (Å²) in [5.41, 5.74) is 0.564. The number of carbonyl (C=O) groups excluding carboxylic acids is 1. The van der Waals surface area contributed by atoms with Crippen LogP contribution in [0.15, 0.2) is 42.5 Å². The van der Waals surface area contributed by atoms with Crippen molar-refractivity contribution in [1.29, 1.82) is 0 Å². The Balaban J connectivity index is 2.12. The van der Waals surface area contributed by atoms with E-state index in [9.17, 15) is 17.6 Å². The number of benzene rings is 2. The molecule has 1 amide bonds. The maximum absolute atomic E-state index is 13.6. The van der Waals surface area contributed by atoms with Crippen molar-refractivity contribution in [3.8, 4) is 0 Å². The van der Waals surface area contributed by atoms with Gasteiger partial charge in [0.2, 0.25) is 15.9 Å². The Kier molecular flexibility index (Phi) is 6.05. The third-order valence-electron chi connectivity index (χ3n) is 2.91. The summed E-state index contributed by atoms with van der Waals surface area (Å²) in [6.45, 7) is 0. The highest BCUT2D eigenvalue weighted by Gasteiger charge is 2.09. The van der Waals surface area contributed by atoms with Crippen molar-refractivity contribution in [2.24, 2.45) is 0 Å². The molecule has 0 radical (unpaired) electrons. The van der Waals surface area contributed by atoms with Gasteiger partial charge in [-0.15, -0.1) is 0 Å². The molecule has 2 rings (SSSR count). The van der Waals surface area contributed by atoms with E-state index in [1.54, 1.807) is 18.2 Å². The molecule has 5 nitrogen and oxygen atoms in total. The van der Waals surface area contributed by atoms with Gasteiger partial charge in [0, 0.05) is 21.8 Å². The number of nitrogens with one attached hydrogen (secondary N) is 2. The van der Waals surface area contributed by atoms with Crippen LogP contribution in [-0.4, -0.2) is 20.6 Å². The van der Waals surface area contributed by atoms with Crippen LogP contribution in [0.5, 0.6) is 0 Å². The highest BCUT2D eigenvalue weighted by atomic mass is 35.5. The first-order valence-electron chi connectivity index (χ1n) is 6.85. The van der Waals surface area contributed by atoms with Crippen LogP contribution in [0.25, 0.3) is 6.08 Å². The van der Waals surface area contributed by atoms with Gasteiger partial charge >= 0.3 is 0 Å². The predicted molar refractivity (Wildman–Crippen MR) is 99.0 cm³/mol. The van der Waals surface area contributed by atoms with E-state index in [4.69, 9.17) is 23.2 Å². The first-order chi connectivity index (χ1) is 11.6. The van der Waals surface area contributed by atoms with E-state index >= 15 is 0 Å². The monoisotopic (exact) mass is 402 g/mol. The van der Waals surface area contributed by atoms with Gasteiger partial charge in [0.15, 0.2) is 0 Å². The summed E-state index contributed by atoms with van der Waals surface area (Å²) < 4.78 is 38.0. The normalized spacial score (nSPS) is 11.5. The molecule has 0 aromatic heterocycles. The second-order valence-electron chi connectivity index (χ2n) is 5.06. The van der Waals surface area contributed by atoms with E-state index in [0.29, 0.717) is 15.6 Å². The van der Waals surface area contributed by atoms with E-state index < -0.39 is 21.7 Å². The Hall–Kier alpha value is -2.09. The Bertz CT molecular complexity index is 946. The molecule has 0 aliphatic rings. The molecule has 0 saturated heterocycles. The van der Waals surface area contributed by atoms with Crippen molar-refractivity contribution in [1.82, 2.24) is 0 Å². The van der Waals surface area contributed by atoms with Crippen LogP contribution >= 0.6 is 23.2 Å². The summed E-state index contributed by atoms with van der Waals surface area (Å²) in [6, 6.07) is 8.36. The number of carbonyl (C=O) groups is 1. The lowest BCUT2D eigenvalue weighted by Gasteiger charge is -2.08. The van der Waals surface area contributed by atoms with Gasteiger partial charge in [0.25, 0.3) is 0 Å². The minimum atomic E-state index is -3.64. The van der Waals surface area contributed by atoms with E-state index in [1.807, 2.05) is 4.72 Å². The Morgan fingerprint density at radius 3 is 2.52 bits per heavy atom. The Morgan fingerprint density at radius 1 is 1.16 bits per heavy atom. The van der Waals surface area contributed by atoms with E-state index in [-0.39, 0.29) is 11.4 Å². The minimum absolute atomic E-state index is 0.226. The highest BCUT2D eigenvalue weighted by molar-refractivity contribution is 7.92. The molecule has 0 heterocycles. The average Bonchev–Trinajstić information content (AvgIpc) is 2.48. The van der Waals surface area contributed by atoms with Crippen molar-refractivity contribution in [3.63, 3.8) is 0 Å². The van der Waals surface area contributed by atoms with Crippen LogP contribution in [0.1, 0.15) is 5.56 Å². The number of hydrogen-bond acceptors (Lipinski definition) is 3. The zero-order chi connectivity index (χ0) is 18.6. The molecule has 0 unspecified atom stereocenters. The summed E-state index contributed by atoms with van der Waals surface area (Å²) in [4.78, 5) is 11.9. The van der Waals surface area contributed by atoms with Crippen LogP contribution in [0.4, 0.5) is 15.8 Å². The van der Waals surface area contributed by atoms with Gasteiger partial charge in [-0.2, -0.15) is 0 Å². The van der Waals surface area contributed by atoms with Gasteiger partial charge in [-0.3, -0.25) is 9.52 Å². The lowest BCUT2D eigenvalue weighted by molar-refractivity contribution is -0.111. The molecule has 0 spiro atoms. The number of anilines is 2. The molecular weight excluding hydrogens is 390 g/mol. The fourth-order valence-corrected chi connectivity index (χ4v) is 2.89. The predicted octanol–water partition coefficient (Wildman–Crippen LogP) is 4.16. The molecule has 2 N–H and O–H groups in total. The largest absolute Gasteiger partial charge is 0.322 e. The molecule has 2 aromatic rings. The van der Waals surface area contributed by atoms with Crippen molar-refractivity contribution in [2.45, 2.75) is 0 Å². The summed E-state index contributed by atoms with van der Waals surface area (Å²) in [6.07, 6.45) is 3.63. The zero-order valence-corrected chi connectivity index (χ0v) is 15.2. The average molecular weight is 403 g/mol. The van der Waals surface area contributed by atoms with Crippen LogP contribution in [0.2, 0.25) is 10.0 Å². The van der Waals surface area contributed by atoms with E-state index in [0.717, 1.165) is 12.3 Å². The van der Waals surface area contributed by atoms with Gasteiger partial charge in [-0.25, -0.2) is 12.8 Å². The van der Waals surface area contributed by atoms with Gasteiger partial charge in [0.05, 0.1) is 11.9 Å². The summed E-state index contributed by atoms with van der Waals surface area (Å²) >= 11 is 11.8. The summed E-state index contributed by atoms with van der Waals surface area (Å²) in [5, 5.41) is 3.36. The van der Waals surface area contributed by atoms with Crippen molar-refractivity contribution in [3.05, 3.63) is 63.9 Å². The third kappa shape index (κ3) is 6.04. The SMILES string of the molecule is CS(=O)(=O)Nc1cc(NC(=O)/C=C/c2ccc(Cl)cc2Cl)ccc1F. The van der Waals surface area contributed by atoms with E-state index in [2.05, 4.69) is 5.32 Å². The lowest BCUT2D eigenvalue weighted by atomic mass is 10.2. The maximum atomic E-state index is 13.6. The molecule has 0 bridgehead atoms. The summed E-state index contributed by atoms with van der Waals surface area (Å²) in [7, 11) is -3.64. The quantitative estimate of drug-likeness (QED) is 0.737. The van der Waals surface area contributed by atoms with Gasteiger partial charge in [-0.1, -0.05) is 29.3 Å². The maximum Gasteiger partial charge on any atom is 0.248 e. The molecule has 0 fully saturated rings. The fraction of sp³-hybridized carbons (Fsp3) is 0.0625. The third-order valence-corrected chi connectivity index (χ3v) is 4.06. The molecule has 132 valence electrons. The molecule has 9 heteroatoms. The van der Waals surface area contributed by atoms with Gasteiger partial charge < -0.3 is 5.32 Å². The topological polar surface area (TPSA) is 75.3 Å². The van der Waals surface area contributed by atoms with Crippen LogP contribution < -0.4 is 10.0 Å². The number of amides is 1. The molecule has 0 aliphatic heterocycles. The second kappa shape index (κ2) is 7.86. The molecule has 2 aromatic carbocycles. The number of sulfonamides is 1. The van der Waals surface area contributed by atoms with Crippen LogP contribution in [-0.2, 0) is 14.8 Å². The molecular formula is C16H13Cl2FN2O3S. The number of rotatable bonds is 5. The lowest BCUT2D eigenvalue weighted by Crippen LogP contribution is -2.12. The number of hydrogen-bond donors (Lipinski definition) is 2. The van der Waals surface area contributed by atoms with Crippen molar-refractivity contribution < 1.29 is 17.6 Å². The van der Waals surface area contributed by atoms with Gasteiger partial charge in [-0.05, 0) is 42.0 Å². The first-order valence-corrected chi connectivity index (χ1v) is 9.50. The van der Waals surface area contributed by atoms with Crippen LogP contribution in [0.3, 0.4) is 0 Å². The standard InChI is InChI=1S/C16H13Cl2FN2O3S/c1-25(23,24)21-15-9-12(5-6-14(15)19)20-16(22)7-3-10-2-4-11(17)8-13(10)18/h2-9,21H,1H3,(H,20,22)/b7-3+. The molecule has 0 saturated carbocycles. The van der Waals surface area contributed by atoms with Crippen molar-refractivity contribution >= 4 is 56.6 Å². The minimum Gasteiger partial charge on any atom is -0.322 e. The first kappa shape index (κ1) is 19.2. The van der Waals surface area contributed by atoms with Crippen LogP contribution in [0, 0.1) is 5.82 Å². The summed E-state index contributed by atoms with van der Waals surface area (Å²) in [5.74, 6) is -1.25. The smallest absolute Gasteiger partial charge is 0.248 e. The second-order valence-corrected chi connectivity index (χ2v) is 7.65. The van der Waals surface area contributed by atoms with Crippen molar-refractivity contribution in [2.75, 3.05) is 16.3 Å². The molecule has 0 aliphatic carbocycles. The fourth-order valence-electron chi connectivity index (χ4n) is 1.87. The van der Waals surface area contributed by atoms with Gasteiger partial charge in [0.1, 0.15) is 5.82 Å².